The predicted molar refractivity (Wildman–Crippen MR) is 126 cm³/mol. The van der Waals surface area contributed by atoms with E-state index in [1.807, 2.05) is 70.2 Å². The fraction of sp³-hybridized carbons (Fsp3) is 0.440. The summed E-state index contributed by atoms with van der Waals surface area (Å²) in [4.78, 5) is 27.9. The highest BCUT2D eigenvalue weighted by atomic mass is 32.2. The lowest BCUT2D eigenvalue weighted by atomic mass is 10.1. The normalized spacial score (nSPS) is 12.8. The van der Waals surface area contributed by atoms with Gasteiger partial charge in [0.1, 0.15) is 6.04 Å². The zero-order chi connectivity index (χ0) is 21.9. The first-order valence-electron chi connectivity index (χ1n) is 10.7. The molecule has 2 aromatic rings. The van der Waals surface area contributed by atoms with Crippen molar-refractivity contribution in [2.45, 2.75) is 64.9 Å². The molecule has 0 radical (unpaired) electrons. The summed E-state index contributed by atoms with van der Waals surface area (Å²) < 4.78 is 0. The Morgan fingerprint density at radius 1 is 0.967 bits per heavy atom. The minimum Gasteiger partial charge on any atom is -0.352 e. The SMILES string of the molecule is CC[C@H](C)NC(=O)[C@H](CC)N(Cc1ccc(C)cc1)C(=O)CSCc1ccccc1. The van der Waals surface area contributed by atoms with Crippen LogP contribution in [0.2, 0.25) is 0 Å². The second-order valence-corrected chi connectivity index (χ2v) is 8.71. The number of carbonyl (C=O) groups is 2. The maximum Gasteiger partial charge on any atom is 0.243 e. The topological polar surface area (TPSA) is 49.4 Å². The number of carbonyl (C=O) groups excluding carboxylic acids is 2. The van der Waals surface area contributed by atoms with Crippen LogP contribution in [0.25, 0.3) is 0 Å². The van der Waals surface area contributed by atoms with Crippen LogP contribution < -0.4 is 5.32 Å². The zero-order valence-electron chi connectivity index (χ0n) is 18.6. The average molecular weight is 427 g/mol. The van der Waals surface area contributed by atoms with Crippen molar-refractivity contribution in [3.63, 3.8) is 0 Å². The largest absolute Gasteiger partial charge is 0.352 e. The first kappa shape index (κ1) is 24.0. The van der Waals surface area contributed by atoms with Crippen LogP contribution >= 0.6 is 11.8 Å². The summed E-state index contributed by atoms with van der Waals surface area (Å²) in [5.41, 5.74) is 3.41. The highest BCUT2D eigenvalue weighted by Crippen LogP contribution is 2.18. The molecule has 1 N–H and O–H groups in total. The van der Waals surface area contributed by atoms with Crippen molar-refractivity contribution >= 4 is 23.6 Å². The molecule has 0 aliphatic rings. The van der Waals surface area contributed by atoms with Gasteiger partial charge in [0.2, 0.25) is 11.8 Å². The fourth-order valence-electron chi connectivity index (χ4n) is 3.16. The molecule has 2 amide bonds. The molecule has 5 heteroatoms. The lowest BCUT2D eigenvalue weighted by Crippen LogP contribution is -2.51. The Bertz CT molecular complexity index is 793. The third-order valence-corrected chi connectivity index (χ3v) is 6.19. The summed E-state index contributed by atoms with van der Waals surface area (Å²) in [5, 5.41) is 3.05. The standard InChI is InChI=1S/C25H34N2O2S/c1-5-20(4)26-25(29)23(6-2)27(16-21-14-12-19(3)13-15-21)24(28)18-30-17-22-10-8-7-9-11-22/h7-15,20,23H,5-6,16-18H2,1-4H3,(H,26,29)/t20-,23-/m0/s1. The quantitative estimate of drug-likeness (QED) is 0.553. The van der Waals surface area contributed by atoms with Gasteiger partial charge in [0.05, 0.1) is 5.75 Å². The maximum atomic E-state index is 13.2. The monoisotopic (exact) mass is 426 g/mol. The Hall–Kier alpha value is -2.27. The number of thioether (sulfide) groups is 1. The molecular weight excluding hydrogens is 392 g/mol. The van der Waals surface area contributed by atoms with Crippen LogP contribution in [0.1, 0.15) is 50.3 Å². The summed E-state index contributed by atoms with van der Waals surface area (Å²) in [6.45, 7) is 8.49. The lowest BCUT2D eigenvalue weighted by Gasteiger charge is -2.31. The number of nitrogens with one attached hydrogen (secondary N) is 1. The molecule has 0 aliphatic carbocycles. The molecule has 0 aromatic heterocycles. The average Bonchev–Trinajstić information content (AvgIpc) is 2.75. The number of hydrogen-bond donors (Lipinski definition) is 1. The van der Waals surface area contributed by atoms with Gasteiger partial charge in [-0.05, 0) is 37.8 Å². The number of amides is 2. The van der Waals surface area contributed by atoms with E-state index in [0.29, 0.717) is 18.7 Å². The third kappa shape index (κ3) is 7.52. The molecule has 0 heterocycles. The number of hydrogen-bond acceptors (Lipinski definition) is 3. The van der Waals surface area contributed by atoms with E-state index < -0.39 is 6.04 Å². The van der Waals surface area contributed by atoms with Crippen molar-refractivity contribution in [1.82, 2.24) is 10.2 Å². The van der Waals surface area contributed by atoms with Gasteiger partial charge in [0.15, 0.2) is 0 Å². The van der Waals surface area contributed by atoms with Gasteiger partial charge in [0, 0.05) is 18.3 Å². The minimum atomic E-state index is -0.467. The van der Waals surface area contributed by atoms with Crippen molar-refractivity contribution in [2.75, 3.05) is 5.75 Å². The van der Waals surface area contributed by atoms with Crippen molar-refractivity contribution in [3.05, 3.63) is 71.3 Å². The summed E-state index contributed by atoms with van der Waals surface area (Å²) in [6, 6.07) is 17.9. The zero-order valence-corrected chi connectivity index (χ0v) is 19.4. The Labute approximate surface area is 185 Å². The van der Waals surface area contributed by atoms with Crippen LogP contribution in [0.15, 0.2) is 54.6 Å². The molecule has 0 saturated carbocycles. The van der Waals surface area contributed by atoms with Gasteiger partial charge in [-0.3, -0.25) is 9.59 Å². The van der Waals surface area contributed by atoms with Gasteiger partial charge in [-0.1, -0.05) is 74.0 Å². The van der Waals surface area contributed by atoms with Gasteiger partial charge in [-0.25, -0.2) is 0 Å². The lowest BCUT2D eigenvalue weighted by molar-refractivity contribution is -0.139. The highest BCUT2D eigenvalue weighted by molar-refractivity contribution is 7.99. The molecular formula is C25H34N2O2S. The molecule has 0 unspecified atom stereocenters. The predicted octanol–water partition coefficient (Wildman–Crippen LogP) is 4.95. The maximum absolute atomic E-state index is 13.2. The van der Waals surface area contributed by atoms with Gasteiger partial charge in [0.25, 0.3) is 0 Å². The van der Waals surface area contributed by atoms with Crippen LogP contribution in [0.4, 0.5) is 0 Å². The summed E-state index contributed by atoms with van der Waals surface area (Å²) >= 11 is 1.59. The van der Waals surface area contributed by atoms with Crippen LogP contribution in [0.3, 0.4) is 0 Å². The molecule has 4 nitrogen and oxygen atoms in total. The van der Waals surface area contributed by atoms with E-state index in [-0.39, 0.29) is 17.9 Å². The fourth-order valence-corrected chi connectivity index (χ4v) is 4.03. The molecule has 2 rings (SSSR count). The molecule has 0 fully saturated rings. The van der Waals surface area contributed by atoms with Crippen molar-refractivity contribution in [3.8, 4) is 0 Å². The van der Waals surface area contributed by atoms with Crippen LogP contribution in [0.5, 0.6) is 0 Å². The van der Waals surface area contributed by atoms with E-state index in [0.717, 1.165) is 17.7 Å². The second-order valence-electron chi connectivity index (χ2n) is 7.73. The molecule has 30 heavy (non-hydrogen) atoms. The molecule has 0 aliphatic heterocycles. The number of rotatable bonds is 11. The van der Waals surface area contributed by atoms with Gasteiger partial charge >= 0.3 is 0 Å². The van der Waals surface area contributed by atoms with Crippen molar-refractivity contribution in [1.29, 1.82) is 0 Å². The Morgan fingerprint density at radius 2 is 1.63 bits per heavy atom. The number of nitrogens with zero attached hydrogens (tertiary/aromatic N) is 1. The molecule has 0 bridgehead atoms. The van der Waals surface area contributed by atoms with Crippen LogP contribution in [-0.2, 0) is 21.9 Å². The number of aryl methyl sites for hydroxylation is 1. The van der Waals surface area contributed by atoms with E-state index in [4.69, 9.17) is 0 Å². The first-order chi connectivity index (χ1) is 14.4. The van der Waals surface area contributed by atoms with E-state index in [9.17, 15) is 9.59 Å². The van der Waals surface area contributed by atoms with E-state index in [1.54, 1.807) is 16.7 Å². The molecule has 2 aromatic carbocycles. The molecule has 2 atom stereocenters. The van der Waals surface area contributed by atoms with E-state index >= 15 is 0 Å². The Balaban J connectivity index is 2.12. The smallest absolute Gasteiger partial charge is 0.243 e. The first-order valence-corrected chi connectivity index (χ1v) is 11.9. The molecule has 162 valence electrons. The highest BCUT2D eigenvalue weighted by Gasteiger charge is 2.29. The van der Waals surface area contributed by atoms with Gasteiger partial charge in [-0.2, -0.15) is 0 Å². The summed E-state index contributed by atoms with van der Waals surface area (Å²) in [6.07, 6.45) is 1.45. The van der Waals surface area contributed by atoms with Crippen molar-refractivity contribution in [2.24, 2.45) is 0 Å². The van der Waals surface area contributed by atoms with Gasteiger partial charge in [-0.15, -0.1) is 11.8 Å². The Kier molecular flexibility index (Phi) is 9.95. The minimum absolute atomic E-state index is 0.00246. The van der Waals surface area contributed by atoms with E-state index in [1.165, 1.54) is 11.1 Å². The molecule has 0 saturated heterocycles. The third-order valence-electron chi connectivity index (χ3n) is 5.20. The summed E-state index contributed by atoms with van der Waals surface area (Å²) in [7, 11) is 0. The van der Waals surface area contributed by atoms with Crippen LogP contribution in [0, 0.1) is 6.92 Å². The van der Waals surface area contributed by atoms with Crippen LogP contribution in [-0.4, -0.2) is 34.6 Å². The summed E-state index contributed by atoms with van der Waals surface area (Å²) in [5.74, 6) is 1.07. The Morgan fingerprint density at radius 3 is 2.23 bits per heavy atom. The van der Waals surface area contributed by atoms with E-state index in [2.05, 4.69) is 17.4 Å². The van der Waals surface area contributed by atoms with Crippen molar-refractivity contribution < 1.29 is 9.59 Å². The second kappa shape index (κ2) is 12.4. The van der Waals surface area contributed by atoms with Gasteiger partial charge < -0.3 is 10.2 Å². The number of benzene rings is 2. The molecule has 0 spiro atoms.